The molecule has 0 aliphatic carbocycles. The highest BCUT2D eigenvalue weighted by molar-refractivity contribution is 5.91. The third-order valence-electron chi connectivity index (χ3n) is 0.857. The number of carbonyl (C=O) groups is 1. The largest absolute Gasteiger partial charge is 0.461 e. The lowest BCUT2D eigenvalue weighted by Crippen LogP contribution is -2.17. The van der Waals surface area contributed by atoms with Crippen LogP contribution in [0, 0.1) is 7.05 Å². The highest BCUT2D eigenvalue weighted by atomic mass is 16.7. The SMILES string of the molecule is [CH2]NC(=O)C1=COCO1. The monoisotopic (exact) mass is 128 g/mol. The third kappa shape index (κ3) is 1.13. The highest BCUT2D eigenvalue weighted by Gasteiger charge is 2.13. The Kier molecular flexibility index (Phi) is 1.58. The fourth-order valence-electron chi connectivity index (χ4n) is 0.447. The van der Waals surface area contributed by atoms with Crippen molar-refractivity contribution >= 4 is 5.91 Å². The Morgan fingerprint density at radius 3 is 3.11 bits per heavy atom. The first-order chi connectivity index (χ1) is 4.34. The van der Waals surface area contributed by atoms with Gasteiger partial charge in [0.05, 0.1) is 0 Å². The molecule has 49 valence electrons. The summed E-state index contributed by atoms with van der Waals surface area (Å²) in [5, 5.41) is 2.14. The first kappa shape index (κ1) is 5.94. The van der Waals surface area contributed by atoms with E-state index >= 15 is 0 Å². The summed E-state index contributed by atoms with van der Waals surface area (Å²) >= 11 is 0. The molecule has 0 unspecified atom stereocenters. The molecule has 0 saturated carbocycles. The molecule has 0 fully saturated rings. The van der Waals surface area contributed by atoms with E-state index in [1.807, 2.05) is 0 Å². The maximum atomic E-state index is 10.6. The molecule has 0 bridgehead atoms. The van der Waals surface area contributed by atoms with E-state index in [4.69, 9.17) is 4.74 Å². The van der Waals surface area contributed by atoms with E-state index in [2.05, 4.69) is 17.1 Å². The van der Waals surface area contributed by atoms with Crippen molar-refractivity contribution in [3.63, 3.8) is 0 Å². The summed E-state index contributed by atoms with van der Waals surface area (Å²) in [5.41, 5.74) is 0. The predicted molar refractivity (Wildman–Crippen MR) is 28.6 cm³/mol. The number of nitrogens with one attached hydrogen (secondary N) is 1. The van der Waals surface area contributed by atoms with Crippen molar-refractivity contribution in [3.8, 4) is 0 Å². The zero-order valence-corrected chi connectivity index (χ0v) is 4.72. The van der Waals surface area contributed by atoms with Gasteiger partial charge in [0.1, 0.15) is 6.26 Å². The molecule has 0 aromatic rings. The zero-order valence-electron chi connectivity index (χ0n) is 4.72. The maximum Gasteiger partial charge on any atom is 0.289 e. The van der Waals surface area contributed by atoms with Gasteiger partial charge >= 0.3 is 0 Å². The Morgan fingerprint density at radius 2 is 2.67 bits per heavy atom. The molecule has 1 amide bonds. The smallest absolute Gasteiger partial charge is 0.289 e. The lowest BCUT2D eigenvalue weighted by molar-refractivity contribution is -0.120. The molecule has 0 spiro atoms. The molecule has 1 aliphatic heterocycles. The van der Waals surface area contributed by atoms with Gasteiger partial charge in [0.25, 0.3) is 5.91 Å². The molecule has 4 nitrogen and oxygen atoms in total. The number of ether oxygens (including phenoxy) is 2. The first-order valence-electron chi connectivity index (χ1n) is 2.36. The summed E-state index contributed by atoms with van der Waals surface area (Å²) in [6.07, 6.45) is 1.25. The number of hydrogen-bond acceptors (Lipinski definition) is 3. The first-order valence-corrected chi connectivity index (χ1v) is 2.36. The highest BCUT2D eigenvalue weighted by Crippen LogP contribution is 2.04. The van der Waals surface area contributed by atoms with Crippen molar-refractivity contribution in [1.29, 1.82) is 0 Å². The fraction of sp³-hybridized carbons (Fsp3) is 0.200. The van der Waals surface area contributed by atoms with Gasteiger partial charge in [-0.3, -0.25) is 4.79 Å². The van der Waals surface area contributed by atoms with Crippen molar-refractivity contribution in [2.75, 3.05) is 6.79 Å². The average molecular weight is 128 g/mol. The second-order valence-electron chi connectivity index (χ2n) is 1.42. The van der Waals surface area contributed by atoms with Crippen LogP contribution in [0.2, 0.25) is 0 Å². The molecule has 1 N–H and O–H groups in total. The van der Waals surface area contributed by atoms with Crippen LogP contribution in [0.15, 0.2) is 12.0 Å². The van der Waals surface area contributed by atoms with Gasteiger partial charge in [0.15, 0.2) is 0 Å². The van der Waals surface area contributed by atoms with Gasteiger partial charge < -0.3 is 14.8 Å². The quantitative estimate of drug-likeness (QED) is 0.529. The summed E-state index contributed by atoms with van der Waals surface area (Å²) in [5.74, 6) is -0.197. The lowest BCUT2D eigenvalue weighted by Gasteiger charge is -1.95. The van der Waals surface area contributed by atoms with Crippen LogP contribution in [0.5, 0.6) is 0 Å². The van der Waals surface area contributed by atoms with Crippen LogP contribution < -0.4 is 5.32 Å². The Hall–Kier alpha value is -1.19. The number of rotatable bonds is 1. The van der Waals surface area contributed by atoms with Crippen molar-refractivity contribution < 1.29 is 14.3 Å². The third-order valence-corrected chi connectivity index (χ3v) is 0.857. The second kappa shape index (κ2) is 2.39. The fourth-order valence-corrected chi connectivity index (χ4v) is 0.447. The van der Waals surface area contributed by atoms with Gasteiger partial charge in [0, 0.05) is 7.05 Å². The molecule has 1 radical (unpaired) electrons. The standard InChI is InChI=1S/C5H6NO3/c1-6-5(7)4-2-8-3-9-4/h2H,1,3H2,(H,6,7). The van der Waals surface area contributed by atoms with E-state index in [0.29, 0.717) is 0 Å². The Labute approximate surface area is 52.4 Å². The van der Waals surface area contributed by atoms with Crippen LogP contribution in [-0.4, -0.2) is 12.7 Å². The van der Waals surface area contributed by atoms with Crippen LogP contribution in [-0.2, 0) is 14.3 Å². The number of amides is 1. The Balaban J connectivity index is 2.51. The van der Waals surface area contributed by atoms with Crippen molar-refractivity contribution in [3.05, 3.63) is 19.1 Å². The minimum Gasteiger partial charge on any atom is -0.461 e. The van der Waals surface area contributed by atoms with Crippen LogP contribution in [0.1, 0.15) is 0 Å². The molecule has 0 aromatic carbocycles. The topological polar surface area (TPSA) is 47.6 Å². The number of hydrogen-bond donors (Lipinski definition) is 1. The average Bonchev–Trinajstić information content (AvgIpc) is 2.37. The van der Waals surface area contributed by atoms with Gasteiger partial charge in [-0.2, -0.15) is 0 Å². The molecule has 0 atom stereocenters. The van der Waals surface area contributed by atoms with E-state index in [9.17, 15) is 4.79 Å². The molecule has 0 aromatic heterocycles. The van der Waals surface area contributed by atoms with Gasteiger partial charge in [-0.25, -0.2) is 0 Å². The molecule has 4 heteroatoms. The summed E-state index contributed by atoms with van der Waals surface area (Å²) in [4.78, 5) is 10.6. The Bertz CT molecular complexity index is 152. The summed E-state index contributed by atoms with van der Waals surface area (Å²) < 4.78 is 9.30. The van der Waals surface area contributed by atoms with Crippen molar-refractivity contribution in [2.24, 2.45) is 0 Å². The normalized spacial score (nSPS) is 15.4. The molecule has 1 rings (SSSR count). The van der Waals surface area contributed by atoms with Gasteiger partial charge in [-0.15, -0.1) is 0 Å². The number of carbonyl (C=O) groups excluding carboxylic acids is 1. The van der Waals surface area contributed by atoms with Crippen LogP contribution in [0.4, 0.5) is 0 Å². The van der Waals surface area contributed by atoms with Crippen LogP contribution >= 0.6 is 0 Å². The summed E-state index contributed by atoms with van der Waals surface area (Å²) in [7, 11) is 3.15. The van der Waals surface area contributed by atoms with E-state index in [0.717, 1.165) is 0 Å². The molecular formula is C5H6NO3. The minimum atomic E-state index is -0.368. The lowest BCUT2D eigenvalue weighted by atomic mass is 10.5. The second-order valence-corrected chi connectivity index (χ2v) is 1.42. The minimum absolute atomic E-state index is 0.114. The molecular weight excluding hydrogens is 122 g/mol. The summed E-state index contributed by atoms with van der Waals surface area (Å²) in [6.45, 7) is 0.114. The van der Waals surface area contributed by atoms with Crippen molar-refractivity contribution in [1.82, 2.24) is 5.32 Å². The van der Waals surface area contributed by atoms with E-state index in [1.165, 1.54) is 6.26 Å². The molecule has 1 aliphatic rings. The predicted octanol–water partition coefficient (Wildman–Crippen LogP) is -0.260. The van der Waals surface area contributed by atoms with Crippen LogP contribution in [0.3, 0.4) is 0 Å². The zero-order chi connectivity index (χ0) is 6.69. The van der Waals surface area contributed by atoms with Crippen molar-refractivity contribution in [2.45, 2.75) is 0 Å². The van der Waals surface area contributed by atoms with Gasteiger partial charge in [0.2, 0.25) is 12.6 Å². The summed E-state index contributed by atoms with van der Waals surface area (Å²) in [6, 6.07) is 0. The molecule has 1 heterocycles. The Morgan fingerprint density at radius 1 is 1.89 bits per heavy atom. The van der Waals surface area contributed by atoms with Gasteiger partial charge in [-0.1, -0.05) is 0 Å². The molecule has 9 heavy (non-hydrogen) atoms. The maximum absolute atomic E-state index is 10.6. The van der Waals surface area contributed by atoms with E-state index in [1.54, 1.807) is 0 Å². The molecule has 0 saturated heterocycles. The van der Waals surface area contributed by atoms with E-state index < -0.39 is 0 Å². The van der Waals surface area contributed by atoms with Gasteiger partial charge in [-0.05, 0) is 0 Å². The van der Waals surface area contributed by atoms with Crippen LogP contribution in [0.25, 0.3) is 0 Å². The van der Waals surface area contributed by atoms with E-state index in [-0.39, 0.29) is 18.5 Å².